The van der Waals surface area contributed by atoms with E-state index in [1.165, 1.54) is 17.1 Å². The first kappa shape index (κ1) is 14.0. The Balaban J connectivity index is 1.60. The second-order valence-corrected chi connectivity index (χ2v) is 6.09. The number of hydrogen-bond acceptors (Lipinski definition) is 3. The number of aromatic nitrogens is 3. The average molecular weight is 309 g/mol. The monoisotopic (exact) mass is 309 g/mol. The van der Waals surface area contributed by atoms with E-state index in [-0.39, 0.29) is 6.04 Å². The molecule has 118 valence electrons. The van der Waals surface area contributed by atoms with Crippen LogP contribution >= 0.6 is 0 Å². The summed E-state index contributed by atoms with van der Waals surface area (Å²) in [5.74, 6) is -0.422. The molecule has 4 rings (SSSR count). The van der Waals surface area contributed by atoms with Crippen LogP contribution < -0.4 is 5.73 Å². The van der Waals surface area contributed by atoms with E-state index in [2.05, 4.69) is 44.3 Å². The van der Waals surface area contributed by atoms with Crippen LogP contribution in [0.25, 0.3) is 10.9 Å². The zero-order valence-electron chi connectivity index (χ0n) is 12.7. The van der Waals surface area contributed by atoms with E-state index in [1.807, 2.05) is 6.20 Å². The lowest BCUT2D eigenvalue weighted by Gasteiger charge is -2.24. The number of benzene rings is 1. The van der Waals surface area contributed by atoms with E-state index < -0.39 is 5.91 Å². The number of likely N-dealkylation sites (tertiary alicyclic amines) is 1. The lowest BCUT2D eigenvalue weighted by Crippen LogP contribution is -2.25. The van der Waals surface area contributed by atoms with Gasteiger partial charge in [-0.25, -0.2) is 0 Å². The van der Waals surface area contributed by atoms with E-state index in [4.69, 9.17) is 5.73 Å². The standard InChI is InChI=1S/C17H19N5O/c18-17(23)13-9-20-21-16(13)15-2-1-7-22(15)10-11-3-4-14-12(8-11)5-6-19-14/h3-6,8-9,15,19H,1-2,7,10H2,(H2,18,23)(H,20,21)/t15-/m0/s1. The number of nitrogens with two attached hydrogens (primary N) is 1. The van der Waals surface area contributed by atoms with Gasteiger partial charge < -0.3 is 10.7 Å². The lowest BCUT2D eigenvalue weighted by atomic mass is 10.1. The molecule has 1 saturated heterocycles. The molecule has 0 saturated carbocycles. The summed E-state index contributed by atoms with van der Waals surface area (Å²) in [6.07, 6.45) is 5.60. The highest BCUT2D eigenvalue weighted by atomic mass is 16.1. The summed E-state index contributed by atoms with van der Waals surface area (Å²) in [6.45, 7) is 1.86. The van der Waals surface area contributed by atoms with Crippen molar-refractivity contribution in [2.45, 2.75) is 25.4 Å². The number of fused-ring (bicyclic) bond motifs is 1. The van der Waals surface area contributed by atoms with Crippen molar-refractivity contribution < 1.29 is 4.79 Å². The van der Waals surface area contributed by atoms with Gasteiger partial charge in [-0.2, -0.15) is 5.10 Å². The summed E-state index contributed by atoms with van der Waals surface area (Å²) in [6, 6.07) is 8.72. The molecule has 23 heavy (non-hydrogen) atoms. The van der Waals surface area contributed by atoms with Crippen molar-refractivity contribution in [3.05, 3.63) is 53.5 Å². The molecule has 6 nitrogen and oxygen atoms in total. The minimum Gasteiger partial charge on any atom is -0.365 e. The number of primary amides is 1. The molecule has 1 aliphatic rings. The number of carbonyl (C=O) groups is 1. The third-order valence-electron chi connectivity index (χ3n) is 4.63. The van der Waals surface area contributed by atoms with Crippen LogP contribution in [0, 0.1) is 0 Å². The van der Waals surface area contributed by atoms with E-state index >= 15 is 0 Å². The molecule has 1 aliphatic heterocycles. The molecule has 0 bridgehead atoms. The predicted octanol–water partition coefficient (Wildman–Crippen LogP) is 2.33. The first-order valence-electron chi connectivity index (χ1n) is 7.85. The van der Waals surface area contributed by atoms with Crippen LogP contribution in [0.3, 0.4) is 0 Å². The molecule has 1 aromatic carbocycles. The van der Waals surface area contributed by atoms with Crippen LogP contribution in [-0.2, 0) is 6.54 Å². The predicted molar refractivity (Wildman–Crippen MR) is 87.8 cm³/mol. The Bertz CT molecular complexity index is 849. The van der Waals surface area contributed by atoms with Crippen molar-refractivity contribution in [3.8, 4) is 0 Å². The van der Waals surface area contributed by atoms with Crippen LogP contribution in [0.2, 0.25) is 0 Å². The molecular weight excluding hydrogens is 290 g/mol. The Morgan fingerprint density at radius 1 is 1.39 bits per heavy atom. The van der Waals surface area contributed by atoms with Crippen LogP contribution in [0.15, 0.2) is 36.7 Å². The van der Waals surface area contributed by atoms with Gasteiger partial charge in [0.15, 0.2) is 0 Å². The number of hydrogen-bond donors (Lipinski definition) is 3. The number of H-pyrrole nitrogens is 2. The number of rotatable bonds is 4. The highest BCUT2D eigenvalue weighted by molar-refractivity contribution is 5.93. The number of carbonyl (C=O) groups excluding carboxylic acids is 1. The Kier molecular flexibility index (Phi) is 3.38. The molecular formula is C17H19N5O. The number of nitrogens with one attached hydrogen (secondary N) is 2. The molecule has 1 fully saturated rings. The molecule has 1 atom stereocenters. The first-order valence-corrected chi connectivity index (χ1v) is 7.85. The zero-order valence-corrected chi connectivity index (χ0v) is 12.7. The number of aromatic amines is 2. The first-order chi connectivity index (χ1) is 11.2. The summed E-state index contributed by atoms with van der Waals surface area (Å²) in [7, 11) is 0. The van der Waals surface area contributed by atoms with Gasteiger partial charge in [0.25, 0.3) is 5.91 Å². The summed E-state index contributed by atoms with van der Waals surface area (Å²) in [4.78, 5) is 17.2. The lowest BCUT2D eigenvalue weighted by molar-refractivity contribution is 0.0997. The van der Waals surface area contributed by atoms with Gasteiger partial charge in [0.05, 0.1) is 23.5 Å². The van der Waals surface area contributed by atoms with Gasteiger partial charge in [0.2, 0.25) is 0 Å². The maximum absolute atomic E-state index is 11.6. The van der Waals surface area contributed by atoms with Gasteiger partial charge in [-0.05, 0) is 48.5 Å². The van der Waals surface area contributed by atoms with Crippen LogP contribution in [0.1, 0.15) is 40.5 Å². The van der Waals surface area contributed by atoms with Crippen LogP contribution in [0.5, 0.6) is 0 Å². The summed E-state index contributed by atoms with van der Waals surface area (Å²) >= 11 is 0. The summed E-state index contributed by atoms with van der Waals surface area (Å²) < 4.78 is 0. The Morgan fingerprint density at radius 3 is 3.17 bits per heavy atom. The fourth-order valence-electron chi connectivity index (χ4n) is 3.52. The molecule has 0 radical (unpaired) electrons. The number of amides is 1. The van der Waals surface area contributed by atoms with Crippen LogP contribution in [0.4, 0.5) is 0 Å². The van der Waals surface area contributed by atoms with Gasteiger partial charge in [0.1, 0.15) is 0 Å². The molecule has 4 N–H and O–H groups in total. The molecule has 0 unspecified atom stereocenters. The summed E-state index contributed by atoms with van der Waals surface area (Å²) in [5.41, 5.74) is 9.22. The van der Waals surface area contributed by atoms with Gasteiger partial charge in [-0.1, -0.05) is 6.07 Å². The zero-order chi connectivity index (χ0) is 15.8. The van der Waals surface area contributed by atoms with Crippen molar-refractivity contribution in [1.29, 1.82) is 0 Å². The maximum atomic E-state index is 11.6. The fraction of sp³-hybridized carbons (Fsp3) is 0.294. The van der Waals surface area contributed by atoms with Crippen molar-refractivity contribution in [2.75, 3.05) is 6.54 Å². The second-order valence-electron chi connectivity index (χ2n) is 6.09. The smallest absolute Gasteiger partial charge is 0.252 e. The van der Waals surface area contributed by atoms with E-state index in [0.717, 1.165) is 37.1 Å². The van der Waals surface area contributed by atoms with Crippen molar-refractivity contribution in [2.24, 2.45) is 5.73 Å². The average Bonchev–Trinajstić information content (AvgIpc) is 3.26. The third-order valence-corrected chi connectivity index (χ3v) is 4.63. The minimum atomic E-state index is -0.422. The highest BCUT2D eigenvalue weighted by Crippen LogP contribution is 2.33. The van der Waals surface area contributed by atoms with E-state index in [9.17, 15) is 4.79 Å². The van der Waals surface area contributed by atoms with Gasteiger partial charge in [-0.15, -0.1) is 0 Å². The topological polar surface area (TPSA) is 90.8 Å². The molecule has 0 spiro atoms. The Labute approximate surface area is 133 Å². The number of nitrogens with zero attached hydrogens (tertiary/aromatic N) is 2. The molecule has 0 aliphatic carbocycles. The molecule has 3 aromatic rings. The normalized spacial score (nSPS) is 18.7. The largest absolute Gasteiger partial charge is 0.365 e. The van der Waals surface area contributed by atoms with Gasteiger partial charge in [-0.3, -0.25) is 14.8 Å². The second kappa shape index (κ2) is 5.55. The molecule has 1 amide bonds. The minimum absolute atomic E-state index is 0.168. The third kappa shape index (κ3) is 2.51. The van der Waals surface area contributed by atoms with Crippen molar-refractivity contribution >= 4 is 16.8 Å². The fourth-order valence-corrected chi connectivity index (χ4v) is 3.52. The molecule has 3 heterocycles. The Hall–Kier alpha value is -2.60. The SMILES string of the molecule is NC(=O)c1cn[nH]c1[C@@H]1CCCN1Cc1ccc2[nH]ccc2c1. The van der Waals surface area contributed by atoms with E-state index in [1.54, 1.807) is 0 Å². The van der Waals surface area contributed by atoms with Gasteiger partial charge in [0, 0.05) is 18.3 Å². The quantitative estimate of drug-likeness (QED) is 0.691. The molecule has 6 heteroatoms. The summed E-state index contributed by atoms with van der Waals surface area (Å²) in [5, 5.41) is 8.20. The Morgan fingerprint density at radius 2 is 2.30 bits per heavy atom. The van der Waals surface area contributed by atoms with Crippen LogP contribution in [-0.4, -0.2) is 32.5 Å². The van der Waals surface area contributed by atoms with Crippen molar-refractivity contribution in [1.82, 2.24) is 20.1 Å². The van der Waals surface area contributed by atoms with Gasteiger partial charge >= 0.3 is 0 Å². The van der Waals surface area contributed by atoms with Crippen molar-refractivity contribution in [3.63, 3.8) is 0 Å². The molecule has 2 aromatic heterocycles. The maximum Gasteiger partial charge on any atom is 0.252 e. The van der Waals surface area contributed by atoms with E-state index in [0.29, 0.717) is 5.56 Å². The highest BCUT2D eigenvalue weighted by Gasteiger charge is 2.30.